The molecule has 13 atom stereocenters. The van der Waals surface area contributed by atoms with Crippen molar-refractivity contribution in [3.8, 4) is 0 Å². The van der Waals surface area contributed by atoms with Gasteiger partial charge in [-0.3, -0.25) is 0 Å². The van der Waals surface area contributed by atoms with Crippen molar-refractivity contribution in [2.75, 3.05) is 13.2 Å². The summed E-state index contributed by atoms with van der Waals surface area (Å²) < 4.78 is 74.1. The first kappa shape index (κ1) is 36.6. The lowest BCUT2D eigenvalue weighted by Crippen LogP contribution is -2.46. The van der Waals surface area contributed by atoms with Gasteiger partial charge in [-0.1, -0.05) is 6.42 Å². The number of hydrogen-bond acceptors (Lipinski definition) is 15. The summed E-state index contributed by atoms with van der Waals surface area (Å²) >= 11 is 0. The van der Waals surface area contributed by atoms with Crippen LogP contribution in [0.25, 0.3) is 0 Å². The minimum absolute atomic E-state index is 0.0451. The first-order valence-electron chi connectivity index (χ1n) is 19.1. The van der Waals surface area contributed by atoms with E-state index in [1.807, 2.05) is 0 Å². The average Bonchev–Trinajstić information content (AvgIpc) is 3.93. The fourth-order valence-corrected chi connectivity index (χ4v) is 10.8. The standard InChI is InChI=1S/C38H52O15/c1-33(2)42-14-19(48-33)23-25(27-31(46-23)52-35(5,6)50-27)44-29(40)21-22(38-12-9-10-18(38)11-13-37(21,16-38)17-39)30(41)45-26-24(20-15-43-34(3,4)49-20)47-32-28(26)51-36(7,8)53-32/h17-20,23-28,31-32H,9-16H2,1-8H3/t18-,19-,20-,23-,24-,25+,26+,27-,28-,31-,32-,37+,38+/m0/s1. The molecule has 0 aromatic rings. The van der Waals surface area contributed by atoms with Gasteiger partial charge in [-0.15, -0.1) is 0 Å². The summed E-state index contributed by atoms with van der Waals surface area (Å²) in [4.78, 5) is 43.3. The van der Waals surface area contributed by atoms with Crippen molar-refractivity contribution in [1.82, 2.24) is 0 Å². The molecule has 15 heteroatoms. The molecule has 6 heterocycles. The summed E-state index contributed by atoms with van der Waals surface area (Å²) in [5.74, 6) is -5.14. The van der Waals surface area contributed by atoms with E-state index in [-0.39, 0.29) is 30.3 Å². The summed E-state index contributed by atoms with van der Waals surface area (Å²) in [6, 6.07) is 0. The molecular formula is C38H52O15. The Morgan fingerprint density at radius 1 is 0.623 bits per heavy atom. The maximum Gasteiger partial charge on any atom is 0.336 e. The number of carbonyl (C=O) groups is 3. The molecule has 0 aromatic heterocycles. The Labute approximate surface area is 308 Å². The van der Waals surface area contributed by atoms with Crippen molar-refractivity contribution in [2.24, 2.45) is 16.7 Å². The quantitative estimate of drug-likeness (QED) is 0.275. The van der Waals surface area contributed by atoms with Crippen molar-refractivity contribution in [3.63, 3.8) is 0 Å². The maximum absolute atomic E-state index is 15.0. The van der Waals surface area contributed by atoms with Gasteiger partial charge in [0.1, 0.15) is 30.7 Å². The molecule has 2 saturated carbocycles. The summed E-state index contributed by atoms with van der Waals surface area (Å²) in [6.07, 6.45) is -3.32. The number of carbonyl (C=O) groups excluding carboxylic acids is 3. The summed E-state index contributed by atoms with van der Waals surface area (Å²) in [5.41, 5.74) is -1.73. The lowest BCUT2D eigenvalue weighted by atomic mass is 9.62. The topological polar surface area (TPSA) is 162 Å². The van der Waals surface area contributed by atoms with Crippen molar-refractivity contribution in [1.29, 1.82) is 0 Å². The summed E-state index contributed by atoms with van der Waals surface area (Å²) in [6.45, 7) is 14.6. The third-order valence-corrected chi connectivity index (χ3v) is 12.7. The van der Waals surface area contributed by atoms with E-state index < -0.39 is 107 Å². The molecule has 294 valence electrons. The molecule has 9 rings (SSSR count). The summed E-state index contributed by atoms with van der Waals surface area (Å²) in [5, 5.41) is 0. The highest BCUT2D eigenvalue weighted by Gasteiger charge is 2.68. The molecule has 0 amide bonds. The monoisotopic (exact) mass is 748 g/mol. The average molecular weight is 749 g/mol. The van der Waals surface area contributed by atoms with E-state index in [9.17, 15) is 9.59 Å². The highest BCUT2D eigenvalue weighted by Crippen LogP contribution is 2.69. The van der Waals surface area contributed by atoms with E-state index in [1.54, 1.807) is 55.4 Å². The third-order valence-electron chi connectivity index (χ3n) is 12.7. The van der Waals surface area contributed by atoms with E-state index in [0.29, 0.717) is 25.7 Å². The van der Waals surface area contributed by atoms with Crippen LogP contribution in [0.3, 0.4) is 0 Å². The third kappa shape index (κ3) is 5.86. The van der Waals surface area contributed by atoms with Gasteiger partial charge in [0.05, 0.1) is 29.8 Å². The number of rotatable bonds is 7. The zero-order valence-corrected chi connectivity index (χ0v) is 31.7. The van der Waals surface area contributed by atoms with Gasteiger partial charge in [0.2, 0.25) is 0 Å². The number of hydrogen-bond donors (Lipinski definition) is 0. The maximum atomic E-state index is 15.0. The van der Waals surface area contributed by atoms with Gasteiger partial charge in [-0.2, -0.15) is 0 Å². The second-order valence-electron chi connectivity index (χ2n) is 18.1. The van der Waals surface area contributed by atoms with Gasteiger partial charge in [0.15, 0.2) is 60.1 Å². The van der Waals surface area contributed by atoms with Crippen LogP contribution in [0.1, 0.15) is 93.9 Å². The molecule has 0 aromatic carbocycles. The Balaban J connectivity index is 1.08. The zero-order valence-electron chi connectivity index (χ0n) is 31.7. The van der Waals surface area contributed by atoms with E-state index >= 15 is 4.79 Å². The molecule has 53 heavy (non-hydrogen) atoms. The molecule has 3 aliphatic carbocycles. The molecule has 0 radical (unpaired) electrons. The van der Waals surface area contributed by atoms with Crippen LogP contribution in [0.15, 0.2) is 11.1 Å². The van der Waals surface area contributed by atoms with Crippen LogP contribution in [-0.4, -0.2) is 116 Å². The molecule has 1 spiro atoms. The molecule has 6 aliphatic heterocycles. The van der Waals surface area contributed by atoms with Crippen LogP contribution in [-0.2, 0) is 71.2 Å². The van der Waals surface area contributed by atoms with Gasteiger partial charge >= 0.3 is 11.9 Å². The number of fused-ring (bicyclic) bond motifs is 3. The molecule has 8 fully saturated rings. The Morgan fingerprint density at radius 3 is 1.60 bits per heavy atom. The van der Waals surface area contributed by atoms with E-state index in [4.69, 9.17) is 56.8 Å². The predicted molar refractivity (Wildman–Crippen MR) is 176 cm³/mol. The van der Waals surface area contributed by atoms with Crippen molar-refractivity contribution < 1.29 is 71.2 Å². The van der Waals surface area contributed by atoms with Gasteiger partial charge in [-0.25, -0.2) is 9.59 Å². The Morgan fingerprint density at radius 2 is 1.13 bits per heavy atom. The summed E-state index contributed by atoms with van der Waals surface area (Å²) in [7, 11) is 0. The molecule has 2 bridgehead atoms. The van der Waals surface area contributed by atoms with E-state index in [0.717, 1.165) is 19.1 Å². The minimum atomic E-state index is -1.24. The number of esters is 2. The fourth-order valence-electron chi connectivity index (χ4n) is 10.8. The van der Waals surface area contributed by atoms with Crippen molar-refractivity contribution in [2.45, 2.75) is 178 Å². The van der Waals surface area contributed by atoms with Gasteiger partial charge in [-0.05, 0) is 93.4 Å². The van der Waals surface area contributed by atoms with Crippen LogP contribution < -0.4 is 0 Å². The highest BCUT2D eigenvalue weighted by molar-refractivity contribution is 6.07. The van der Waals surface area contributed by atoms with E-state index in [1.165, 1.54) is 0 Å². The molecule has 15 nitrogen and oxygen atoms in total. The van der Waals surface area contributed by atoms with Gasteiger partial charge < -0.3 is 61.6 Å². The van der Waals surface area contributed by atoms with Crippen molar-refractivity contribution >= 4 is 18.2 Å². The van der Waals surface area contributed by atoms with Gasteiger partial charge in [0, 0.05) is 5.41 Å². The zero-order chi connectivity index (χ0) is 37.5. The second kappa shape index (κ2) is 12.0. The first-order valence-corrected chi connectivity index (χ1v) is 19.1. The Hall–Kier alpha value is -2.05. The molecule has 0 N–H and O–H groups in total. The molecule has 9 aliphatic rings. The number of aldehydes is 1. The first-order chi connectivity index (χ1) is 24.8. The lowest BCUT2D eigenvalue weighted by molar-refractivity contribution is -0.235. The second-order valence-corrected chi connectivity index (χ2v) is 18.1. The predicted octanol–water partition coefficient (Wildman–Crippen LogP) is 3.33. The molecular weight excluding hydrogens is 696 g/mol. The van der Waals surface area contributed by atoms with Crippen molar-refractivity contribution in [3.05, 3.63) is 11.1 Å². The molecule has 0 unspecified atom stereocenters. The Kier molecular flexibility index (Phi) is 8.27. The van der Waals surface area contributed by atoms with Crippen LogP contribution in [0, 0.1) is 16.7 Å². The van der Waals surface area contributed by atoms with Crippen LogP contribution in [0.4, 0.5) is 0 Å². The smallest absolute Gasteiger partial charge is 0.336 e. The van der Waals surface area contributed by atoms with Crippen LogP contribution in [0.2, 0.25) is 0 Å². The Bertz CT molecular complexity index is 1590. The fraction of sp³-hybridized carbons (Fsp3) is 0.868. The highest BCUT2D eigenvalue weighted by atomic mass is 16.9. The lowest BCUT2D eigenvalue weighted by Gasteiger charge is -2.41. The SMILES string of the molecule is CC1(C)O[C@@H]2O[C@@H]([C@@H]3COC(C)(C)O3)[C@@H](OC(=O)C3=C(C(=O)O[C@H]4[C@@H]5OC(C)(C)O[C@@H]5O[C@H]4[C@@H]4COC(C)(C)O4)[C@@]45CCC[C@H]4CC[C@]3(C=O)C5)[C@@H]2O1. The van der Waals surface area contributed by atoms with Crippen LogP contribution >= 0.6 is 0 Å². The van der Waals surface area contributed by atoms with E-state index in [2.05, 4.69) is 0 Å². The normalized spacial score (nSPS) is 48.1. The largest absolute Gasteiger partial charge is 0.453 e. The van der Waals surface area contributed by atoms with Gasteiger partial charge in [0.25, 0.3) is 0 Å². The minimum Gasteiger partial charge on any atom is -0.453 e. The molecule has 6 saturated heterocycles. The van der Waals surface area contributed by atoms with Crippen LogP contribution in [0.5, 0.6) is 0 Å². The number of ether oxygens (including phenoxy) is 12.